The fraction of sp³-hybridized carbons (Fsp3) is 0.538. The molecule has 2 heteroatoms. The summed E-state index contributed by atoms with van der Waals surface area (Å²) in [5.41, 5.74) is 8.60. The number of hydrogen-bond acceptors (Lipinski definition) is 1. The average Bonchev–Trinajstić information content (AvgIpc) is 2.27. The molecule has 0 saturated carbocycles. The highest BCUT2D eigenvalue weighted by Crippen LogP contribution is 2.10. The summed E-state index contributed by atoms with van der Waals surface area (Å²) in [7, 11) is 0. The number of nitrogens with two attached hydrogens (primary N) is 1. The second-order valence-corrected chi connectivity index (χ2v) is 4.34. The fourth-order valence-corrected chi connectivity index (χ4v) is 1.82. The zero-order valence-corrected chi connectivity index (χ0v) is 10.1. The van der Waals surface area contributed by atoms with Crippen LogP contribution in [0.2, 0.25) is 0 Å². The van der Waals surface area contributed by atoms with Crippen LogP contribution in [0.15, 0.2) is 24.3 Å². The molecule has 1 aromatic rings. The molecule has 0 aliphatic carbocycles. The van der Waals surface area contributed by atoms with Gasteiger partial charge in [0.1, 0.15) is 0 Å². The van der Waals surface area contributed by atoms with Crippen molar-refractivity contribution < 1.29 is 0 Å². The predicted octanol–water partition coefficient (Wildman–Crippen LogP) is 3.14. The van der Waals surface area contributed by atoms with Crippen molar-refractivity contribution in [1.82, 2.24) is 0 Å². The van der Waals surface area contributed by atoms with Gasteiger partial charge in [-0.15, -0.1) is 11.6 Å². The first-order valence-corrected chi connectivity index (χ1v) is 6.19. The lowest BCUT2D eigenvalue weighted by molar-refractivity contribution is 0.596. The molecular formula is C13H20ClN. The van der Waals surface area contributed by atoms with Gasteiger partial charge in [0.15, 0.2) is 0 Å². The topological polar surface area (TPSA) is 26.0 Å². The quantitative estimate of drug-likeness (QED) is 0.740. The van der Waals surface area contributed by atoms with Crippen LogP contribution in [0.25, 0.3) is 0 Å². The molecule has 2 N–H and O–H groups in total. The van der Waals surface area contributed by atoms with E-state index in [9.17, 15) is 0 Å². The minimum atomic E-state index is 0.335. The number of hydrogen-bond donors (Lipinski definition) is 1. The number of aryl methyl sites for hydroxylation is 2. The van der Waals surface area contributed by atoms with Crippen LogP contribution in [0, 0.1) is 0 Å². The fourth-order valence-electron chi connectivity index (χ4n) is 1.61. The minimum Gasteiger partial charge on any atom is -0.328 e. The molecule has 0 bridgehead atoms. The van der Waals surface area contributed by atoms with Gasteiger partial charge in [0.05, 0.1) is 0 Å². The molecule has 0 fully saturated rings. The Morgan fingerprint density at radius 2 is 1.93 bits per heavy atom. The third kappa shape index (κ3) is 4.67. The minimum absolute atomic E-state index is 0.335. The second kappa shape index (κ2) is 6.86. The Balaban J connectivity index is 2.50. The number of alkyl halides is 1. The normalized spacial score (nSPS) is 12.7. The molecule has 0 heterocycles. The van der Waals surface area contributed by atoms with Crippen molar-refractivity contribution in [2.24, 2.45) is 5.73 Å². The summed E-state index contributed by atoms with van der Waals surface area (Å²) in [4.78, 5) is 0. The van der Waals surface area contributed by atoms with Crippen molar-refractivity contribution in [3.63, 3.8) is 0 Å². The zero-order valence-electron chi connectivity index (χ0n) is 9.38. The van der Waals surface area contributed by atoms with Gasteiger partial charge >= 0.3 is 0 Å². The van der Waals surface area contributed by atoms with Crippen molar-refractivity contribution in [3.8, 4) is 0 Å². The van der Waals surface area contributed by atoms with Gasteiger partial charge in [0.2, 0.25) is 0 Å². The van der Waals surface area contributed by atoms with Crippen LogP contribution in [0.5, 0.6) is 0 Å². The maximum Gasteiger partial charge on any atom is 0.0263 e. The highest BCUT2D eigenvalue weighted by atomic mass is 35.5. The molecule has 0 spiro atoms. The van der Waals surface area contributed by atoms with Crippen molar-refractivity contribution in [1.29, 1.82) is 0 Å². The Morgan fingerprint density at radius 3 is 2.53 bits per heavy atom. The van der Waals surface area contributed by atoms with E-state index in [2.05, 4.69) is 31.2 Å². The van der Waals surface area contributed by atoms with Gasteiger partial charge in [-0.3, -0.25) is 0 Å². The van der Waals surface area contributed by atoms with Crippen LogP contribution < -0.4 is 5.73 Å². The van der Waals surface area contributed by atoms with Crippen LogP contribution in [-0.2, 0) is 12.8 Å². The maximum atomic E-state index is 5.90. The molecule has 0 amide bonds. The number of benzene rings is 1. The molecule has 0 saturated heterocycles. The molecule has 0 aromatic heterocycles. The molecule has 0 aliphatic heterocycles. The van der Waals surface area contributed by atoms with E-state index in [1.807, 2.05) is 0 Å². The van der Waals surface area contributed by atoms with Gasteiger partial charge in [0.25, 0.3) is 0 Å². The van der Waals surface area contributed by atoms with Crippen molar-refractivity contribution in [2.75, 3.05) is 5.88 Å². The molecule has 84 valence electrons. The summed E-state index contributed by atoms with van der Waals surface area (Å²) >= 11 is 5.72. The van der Waals surface area contributed by atoms with Crippen LogP contribution >= 0.6 is 11.6 Å². The maximum absolute atomic E-state index is 5.90. The van der Waals surface area contributed by atoms with E-state index in [4.69, 9.17) is 17.3 Å². The van der Waals surface area contributed by atoms with E-state index in [1.165, 1.54) is 11.1 Å². The highest BCUT2D eigenvalue weighted by molar-refractivity contribution is 6.17. The summed E-state index contributed by atoms with van der Waals surface area (Å²) in [6.07, 6.45) is 4.16. The zero-order chi connectivity index (χ0) is 11.1. The summed E-state index contributed by atoms with van der Waals surface area (Å²) in [5, 5.41) is 0. The lowest BCUT2D eigenvalue weighted by Crippen LogP contribution is -2.19. The smallest absolute Gasteiger partial charge is 0.0263 e. The van der Waals surface area contributed by atoms with Crippen LogP contribution in [0.3, 0.4) is 0 Å². The molecule has 1 aromatic carbocycles. The van der Waals surface area contributed by atoms with Crippen molar-refractivity contribution in [3.05, 3.63) is 35.4 Å². The summed E-state index contributed by atoms with van der Waals surface area (Å²) in [6, 6.07) is 8.98. The van der Waals surface area contributed by atoms with E-state index < -0.39 is 0 Å². The lowest BCUT2D eigenvalue weighted by atomic mass is 10.0. The number of halogens is 1. The van der Waals surface area contributed by atoms with E-state index >= 15 is 0 Å². The highest BCUT2D eigenvalue weighted by Gasteiger charge is 2.01. The number of rotatable bonds is 6. The van der Waals surface area contributed by atoms with Crippen LogP contribution in [0.1, 0.15) is 30.9 Å². The molecule has 0 aliphatic rings. The van der Waals surface area contributed by atoms with Gasteiger partial charge < -0.3 is 5.73 Å². The molecule has 0 radical (unpaired) electrons. The first-order valence-electron chi connectivity index (χ1n) is 5.65. The van der Waals surface area contributed by atoms with Gasteiger partial charge in [0, 0.05) is 11.9 Å². The van der Waals surface area contributed by atoms with Gasteiger partial charge in [-0.1, -0.05) is 31.2 Å². The summed E-state index contributed by atoms with van der Waals surface area (Å²) in [6.45, 7) is 2.13. The molecular weight excluding hydrogens is 206 g/mol. The van der Waals surface area contributed by atoms with Gasteiger partial charge in [-0.25, -0.2) is 0 Å². The van der Waals surface area contributed by atoms with Gasteiger partial charge in [-0.05, 0) is 36.8 Å². The van der Waals surface area contributed by atoms with Crippen molar-refractivity contribution >= 4 is 11.6 Å². The molecule has 1 atom stereocenters. The standard InChI is InChI=1S/C13H20ClN/c1-2-13(15)7-6-11-4-3-5-12(10-11)8-9-14/h3-5,10,13H,2,6-9,15H2,1H3. The Kier molecular flexibility index (Phi) is 5.74. The second-order valence-electron chi connectivity index (χ2n) is 3.97. The molecule has 15 heavy (non-hydrogen) atoms. The average molecular weight is 226 g/mol. The Bertz CT molecular complexity index is 286. The first kappa shape index (κ1) is 12.5. The lowest BCUT2D eigenvalue weighted by Gasteiger charge is -2.09. The van der Waals surface area contributed by atoms with E-state index in [0.717, 1.165) is 25.7 Å². The van der Waals surface area contributed by atoms with Gasteiger partial charge in [-0.2, -0.15) is 0 Å². The van der Waals surface area contributed by atoms with E-state index in [-0.39, 0.29) is 0 Å². The summed E-state index contributed by atoms with van der Waals surface area (Å²) < 4.78 is 0. The van der Waals surface area contributed by atoms with E-state index in [1.54, 1.807) is 0 Å². The Morgan fingerprint density at radius 1 is 1.27 bits per heavy atom. The third-order valence-corrected chi connectivity index (χ3v) is 2.89. The summed E-state index contributed by atoms with van der Waals surface area (Å²) in [5.74, 6) is 0.692. The Hall–Kier alpha value is -0.530. The molecule has 1 unspecified atom stereocenters. The Labute approximate surface area is 97.6 Å². The van der Waals surface area contributed by atoms with Crippen LogP contribution in [0.4, 0.5) is 0 Å². The first-order chi connectivity index (χ1) is 7.26. The van der Waals surface area contributed by atoms with Crippen molar-refractivity contribution in [2.45, 2.75) is 38.6 Å². The SMILES string of the molecule is CCC(N)CCc1cccc(CCCl)c1. The van der Waals surface area contributed by atoms with Crippen LogP contribution in [-0.4, -0.2) is 11.9 Å². The van der Waals surface area contributed by atoms with E-state index in [0.29, 0.717) is 11.9 Å². The molecule has 1 rings (SSSR count). The third-order valence-electron chi connectivity index (χ3n) is 2.70. The predicted molar refractivity (Wildman–Crippen MR) is 67.5 cm³/mol. The molecule has 1 nitrogen and oxygen atoms in total. The monoisotopic (exact) mass is 225 g/mol. The largest absolute Gasteiger partial charge is 0.328 e.